The number of ether oxygens (including phenoxy) is 2. The van der Waals surface area contributed by atoms with Crippen molar-refractivity contribution in [1.29, 1.82) is 0 Å². The summed E-state index contributed by atoms with van der Waals surface area (Å²) in [7, 11) is 2.31. The maximum absolute atomic E-state index is 7.19. The van der Waals surface area contributed by atoms with Crippen molar-refractivity contribution < 1.29 is 9.47 Å². The van der Waals surface area contributed by atoms with Crippen molar-refractivity contribution in [2.45, 2.75) is 0 Å². The lowest BCUT2D eigenvalue weighted by Gasteiger charge is -2.36. The number of H-pyrrole nitrogens is 1. The van der Waals surface area contributed by atoms with Crippen LogP contribution in [-0.2, 0) is 0 Å². The summed E-state index contributed by atoms with van der Waals surface area (Å²) in [5.41, 5.74) is 17.4. The molecule has 0 bridgehead atoms. The number of benzene rings is 9. The second-order valence-corrected chi connectivity index (χ2v) is 17.2. The van der Waals surface area contributed by atoms with Gasteiger partial charge in [-0.25, -0.2) is 0 Å². The van der Waals surface area contributed by atoms with Gasteiger partial charge in [-0.15, -0.1) is 0 Å². The molecule has 8 heteroatoms. The smallest absolute Gasteiger partial charge is 0.335 e. The molecule has 0 saturated heterocycles. The van der Waals surface area contributed by atoms with Crippen LogP contribution in [0, 0.1) is 0 Å². The van der Waals surface area contributed by atoms with E-state index in [1.165, 1.54) is 22.0 Å². The second kappa shape index (κ2) is 14.5. The molecular weight excluding hydrogens is 806 g/mol. The normalized spacial score (nSPS) is 12.6. The van der Waals surface area contributed by atoms with E-state index in [2.05, 4.69) is 239 Å². The van der Waals surface area contributed by atoms with E-state index in [9.17, 15) is 0 Å². The van der Waals surface area contributed by atoms with E-state index in [1.807, 2.05) is 6.20 Å². The molecule has 14 rings (SSSR count). The van der Waals surface area contributed by atoms with Gasteiger partial charge >= 0.3 is 6.85 Å². The Bertz CT molecular complexity index is 3630. The van der Waals surface area contributed by atoms with Gasteiger partial charge in [-0.3, -0.25) is 0 Å². The van der Waals surface area contributed by atoms with Crippen molar-refractivity contribution in [1.82, 2.24) is 9.46 Å². The first-order valence-corrected chi connectivity index (χ1v) is 22.4. The van der Waals surface area contributed by atoms with Gasteiger partial charge in [0.25, 0.3) is 0 Å². The lowest BCUT2D eigenvalue weighted by atomic mass is 9.45. The van der Waals surface area contributed by atoms with Crippen LogP contribution in [0.4, 0.5) is 34.1 Å². The Labute approximate surface area is 382 Å². The Morgan fingerprint density at radius 1 is 0.439 bits per heavy atom. The van der Waals surface area contributed by atoms with Crippen molar-refractivity contribution in [3.63, 3.8) is 0 Å². The average Bonchev–Trinajstić information content (AvgIpc) is 4.04. The topological polar surface area (TPSA) is 45.7 Å². The number of nitrogens with zero attached hydrogens (tertiary/aromatic N) is 3. The number of aromatic nitrogens is 2. The Morgan fingerprint density at radius 3 is 1.67 bits per heavy atom. The van der Waals surface area contributed by atoms with Gasteiger partial charge in [0.05, 0.1) is 16.9 Å². The van der Waals surface area contributed by atoms with E-state index in [-0.39, 0.29) is 6.85 Å². The number of anilines is 6. The highest BCUT2D eigenvalue weighted by atomic mass is 16.5. The van der Waals surface area contributed by atoms with Crippen molar-refractivity contribution >= 4 is 91.9 Å². The summed E-state index contributed by atoms with van der Waals surface area (Å²) in [4.78, 5) is 8.17. The first-order valence-electron chi connectivity index (χ1n) is 22.4. The van der Waals surface area contributed by atoms with Crippen molar-refractivity contribution in [3.05, 3.63) is 219 Å². The first kappa shape index (κ1) is 36.8. The van der Waals surface area contributed by atoms with Crippen molar-refractivity contribution in [2.24, 2.45) is 0 Å². The van der Waals surface area contributed by atoms with Crippen LogP contribution in [0.15, 0.2) is 219 Å². The highest BCUT2D eigenvalue weighted by Crippen LogP contribution is 2.46. The zero-order valence-electron chi connectivity index (χ0n) is 35.6. The van der Waals surface area contributed by atoms with Crippen LogP contribution >= 0.6 is 0 Å². The molecule has 1 N–H and O–H groups in total. The third-order valence-corrected chi connectivity index (χ3v) is 13.5. The zero-order valence-corrected chi connectivity index (χ0v) is 35.6. The standard InChI is InChI=1S/C58H37B2N4O2/c1-5-17-39(18-6-1)63(40-19-7-2-8-20-40)43-31-47(45-25-13-15-37-27-29-61-57(37)45)55-53(33-43)65-51-36-52-50(35-49(51)59-55)60-56-48(46-26-14-16-38-28-30-62(60)58(38)46)32-44(34-54(56)66-52)64(41-21-9-3-10-22-41)42-23-11-4-12-24-42/h1-36,61H. The van der Waals surface area contributed by atoms with E-state index in [0.717, 1.165) is 101 Å². The number of rotatable bonds is 7. The fraction of sp³-hybridized carbons (Fsp3) is 0. The summed E-state index contributed by atoms with van der Waals surface area (Å²) >= 11 is 0. The minimum absolute atomic E-state index is 0.123. The number of nitrogens with one attached hydrogen (secondary N) is 1. The molecule has 0 spiro atoms. The fourth-order valence-corrected chi connectivity index (χ4v) is 10.6. The van der Waals surface area contributed by atoms with E-state index in [0.29, 0.717) is 0 Å². The Hall–Kier alpha value is -8.61. The van der Waals surface area contributed by atoms with Crippen LogP contribution in [0.2, 0.25) is 0 Å². The summed E-state index contributed by atoms with van der Waals surface area (Å²) in [6, 6.07) is 73.2. The van der Waals surface area contributed by atoms with Gasteiger partial charge in [0.15, 0.2) is 0 Å². The quantitative estimate of drug-likeness (QED) is 0.162. The summed E-state index contributed by atoms with van der Waals surface area (Å²) < 4.78 is 16.8. The monoisotopic (exact) mass is 843 g/mol. The van der Waals surface area contributed by atoms with E-state index >= 15 is 0 Å². The SMILES string of the molecule is [B]1c2cc3c(cc2Oc2cc(N(c4ccccc4)c4ccccc4)cc(-c4cccc5cc[nH]c45)c21)Oc1cc(N(c2ccccc2)c2ccccc2)cc2c1B3n1ccc3cccc-2c31. The molecule has 3 aliphatic rings. The predicted octanol–water partition coefficient (Wildman–Crippen LogP) is 12.2. The summed E-state index contributed by atoms with van der Waals surface area (Å²) in [5.74, 6) is 3.13. The molecule has 0 unspecified atom stereocenters. The van der Waals surface area contributed by atoms with Gasteiger partial charge in [-0.1, -0.05) is 115 Å². The van der Waals surface area contributed by atoms with Crippen LogP contribution < -0.4 is 41.1 Å². The third-order valence-electron chi connectivity index (χ3n) is 13.5. The van der Waals surface area contributed by atoms with E-state index < -0.39 is 0 Å². The van der Waals surface area contributed by atoms with Gasteiger partial charge in [0.2, 0.25) is 7.28 Å². The van der Waals surface area contributed by atoms with E-state index in [4.69, 9.17) is 9.47 Å². The molecule has 0 aliphatic carbocycles. The van der Waals surface area contributed by atoms with Gasteiger partial charge in [0.1, 0.15) is 23.0 Å². The van der Waals surface area contributed by atoms with Gasteiger partial charge in [-0.05, 0) is 117 Å². The van der Waals surface area contributed by atoms with Crippen LogP contribution in [0.5, 0.6) is 23.0 Å². The molecule has 0 amide bonds. The molecule has 9 aromatic carbocycles. The molecule has 1 radical (unpaired) electrons. The Kier molecular flexibility index (Phi) is 8.07. The molecule has 5 heterocycles. The number of hydrogen-bond donors (Lipinski definition) is 1. The van der Waals surface area contributed by atoms with Crippen LogP contribution in [0.1, 0.15) is 0 Å². The molecule has 2 aromatic heterocycles. The van der Waals surface area contributed by atoms with Crippen molar-refractivity contribution in [3.8, 4) is 45.3 Å². The zero-order chi connectivity index (χ0) is 43.3. The Balaban J connectivity index is 0.959. The number of aromatic amines is 1. The lowest BCUT2D eigenvalue weighted by Crippen LogP contribution is -2.55. The molecule has 0 fully saturated rings. The molecular formula is C58H37B2N4O2. The van der Waals surface area contributed by atoms with Crippen molar-refractivity contribution in [2.75, 3.05) is 9.80 Å². The van der Waals surface area contributed by atoms with E-state index in [1.54, 1.807) is 0 Å². The highest BCUT2D eigenvalue weighted by molar-refractivity contribution is 6.88. The minimum atomic E-state index is -0.123. The average molecular weight is 844 g/mol. The first-order chi connectivity index (χ1) is 32.7. The molecule has 0 saturated carbocycles. The predicted molar refractivity (Wildman–Crippen MR) is 273 cm³/mol. The second-order valence-electron chi connectivity index (χ2n) is 17.2. The molecule has 6 nitrogen and oxygen atoms in total. The molecule has 11 aromatic rings. The minimum Gasteiger partial charge on any atom is -0.458 e. The maximum atomic E-state index is 7.19. The van der Waals surface area contributed by atoms with Gasteiger partial charge in [-0.2, -0.15) is 0 Å². The summed E-state index contributed by atoms with van der Waals surface area (Å²) in [6.45, 7) is -0.123. The molecule has 307 valence electrons. The molecule has 0 atom stereocenters. The number of hydrogen-bond acceptors (Lipinski definition) is 4. The Morgan fingerprint density at radius 2 is 1.02 bits per heavy atom. The van der Waals surface area contributed by atoms with Gasteiger partial charge in [0, 0.05) is 69.3 Å². The molecule has 3 aliphatic heterocycles. The number of para-hydroxylation sites is 6. The van der Waals surface area contributed by atoms with Crippen LogP contribution in [-0.4, -0.2) is 23.6 Å². The highest BCUT2D eigenvalue weighted by Gasteiger charge is 2.42. The largest absolute Gasteiger partial charge is 0.458 e. The summed E-state index contributed by atoms with van der Waals surface area (Å²) in [5, 5.41) is 2.36. The summed E-state index contributed by atoms with van der Waals surface area (Å²) in [6.07, 6.45) is 4.26. The lowest BCUT2D eigenvalue weighted by molar-refractivity contribution is 0.466. The molecule has 66 heavy (non-hydrogen) atoms. The number of fused-ring (bicyclic) bond motifs is 7. The van der Waals surface area contributed by atoms with Crippen LogP contribution in [0.3, 0.4) is 0 Å². The maximum Gasteiger partial charge on any atom is 0.335 e. The fourth-order valence-electron chi connectivity index (χ4n) is 10.6. The van der Waals surface area contributed by atoms with Gasteiger partial charge < -0.3 is 28.7 Å². The third kappa shape index (κ3) is 5.64. The van der Waals surface area contributed by atoms with Crippen LogP contribution in [0.25, 0.3) is 44.1 Å².